The Bertz CT molecular complexity index is 1070. The summed E-state index contributed by atoms with van der Waals surface area (Å²) in [4.78, 5) is 28.2. The summed E-state index contributed by atoms with van der Waals surface area (Å²) >= 11 is 0. The highest BCUT2D eigenvalue weighted by molar-refractivity contribution is 6.03. The molecular formula is C28H35N3O3. The Labute approximate surface area is 202 Å². The van der Waals surface area contributed by atoms with Crippen LogP contribution in [0.3, 0.4) is 0 Å². The van der Waals surface area contributed by atoms with Crippen molar-refractivity contribution in [3.8, 4) is 0 Å². The lowest BCUT2D eigenvalue weighted by atomic mass is 9.84. The average molecular weight is 462 g/mol. The molecule has 2 amide bonds. The van der Waals surface area contributed by atoms with Crippen molar-refractivity contribution in [2.75, 3.05) is 26.8 Å². The van der Waals surface area contributed by atoms with Crippen LogP contribution >= 0.6 is 0 Å². The van der Waals surface area contributed by atoms with E-state index in [-0.39, 0.29) is 30.3 Å². The van der Waals surface area contributed by atoms with Crippen LogP contribution in [0.15, 0.2) is 47.6 Å². The van der Waals surface area contributed by atoms with Crippen LogP contribution in [0, 0.1) is 26.7 Å². The zero-order valence-corrected chi connectivity index (χ0v) is 20.7. The van der Waals surface area contributed by atoms with Crippen LogP contribution < -0.4 is 0 Å². The Hall–Kier alpha value is -2.99. The number of carbonyl (C=O) groups excluding carboxylic acids is 2. The Kier molecular flexibility index (Phi) is 7.47. The molecule has 34 heavy (non-hydrogen) atoms. The van der Waals surface area contributed by atoms with Crippen LogP contribution in [-0.4, -0.2) is 54.2 Å². The summed E-state index contributed by atoms with van der Waals surface area (Å²) in [5, 5.41) is 6.41. The Balaban J connectivity index is 1.61. The first-order chi connectivity index (χ1) is 16.4. The number of nitrogens with zero attached hydrogens (tertiary/aromatic N) is 3. The maximum atomic E-state index is 13.6. The van der Waals surface area contributed by atoms with Crippen LogP contribution in [0.2, 0.25) is 0 Å². The van der Waals surface area contributed by atoms with E-state index in [0.717, 1.165) is 36.1 Å². The summed E-state index contributed by atoms with van der Waals surface area (Å²) in [5.41, 5.74) is 6.59. The molecule has 0 aromatic heterocycles. The molecule has 4 rings (SSSR count). The van der Waals surface area contributed by atoms with E-state index >= 15 is 0 Å². The third-order valence-corrected chi connectivity index (χ3v) is 7.13. The number of rotatable bonds is 8. The van der Waals surface area contributed by atoms with Gasteiger partial charge in [-0.15, -0.1) is 0 Å². The molecule has 1 atom stereocenters. The first kappa shape index (κ1) is 24.1. The molecule has 6 nitrogen and oxygen atoms in total. The predicted octanol–water partition coefficient (Wildman–Crippen LogP) is 4.56. The van der Waals surface area contributed by atoms with Crippen molar-refractivity contribution >= 4 is 17.5 Å². The van der Waals surface area contributed by atoms with Crippen molar-refractivity contribution in [1.29, 1.82) is 0 Å². The van der Waals surface area contributed by atoms with Crippen LogP contribution in [0.25, 0.3) is 0 Å². The van der Waals surface area contributed by atoms with Gasteiger partial charge in [-0.2, -0.15) is 5.10 Å². The van der Waals surface area contributed by atoms with Gasteiger partial charge < -0.3 is 9.64 Å². The highest BCUT2D eigenvalue weighted by Gasteiger charge is 2.36. The molecule has 0 saturated heterocycles. The fraction of sp³-hybridized carbons (Fsp3) is 0.464. The van der Waals surface area contributed by atoms with Crippen molar-refractivity contribution in [3.63, 3.8) is 0 Å². The molecule has 2 aromatic rings. The smallest absolute Gasteiger partial charge is 0.262 e. The second kappa shape index (κ2) is 10.5. The molecule has 180 valence electrons. The monoisotopic (exact) mass is 461 g/mol. The Morgan fingerprint density at radius 1 is 1.06 bits per heavy atom. The van der Waals surface area contributed by atoms with Gasteiger partial charge in [-0.3, -0.25) is 9.59 Å². The Morgan fingerprint density at radius 3 is 2.41 bits per heavy atom. The number of hydrazone groups is 1. The van der Waals surface area contributed by atoms with Gasteiger partial charge >= 0.3 is 0 Å². The van der Waals surface area contributed by atoms with Crippen LogP contribution in [0.1, 0.15) is 59.5 Å². The standard InChI is InChI=1S/C28H35N3O3/c1-19-8-11-22(12-9-19)26-17-25(24-13-10-20(2)21(3)16-24)29-31(26)27(32)18-30(14-15-34-4)28(33)23-6-5-7-23/h8-13,16,23,26H,5-7,14-15,17-18H2,1-4H3. The van der Waals surface area contributed by atoms with Gasteiger partial charge in [0, 0.05) is 26.0 Å². The van der Waals surface area contributed by atoms with E-state index in [0.29, 0.717) is 19.6 Å². The maximum Gasteiger partial charge on any atom is 0.262 e. The van der Waals surface area contributed by atoms with Crippen molar-refractivity contribution in [3.05, 3.63) is 70.3 Å². The summed E-state index contributed by atoms with van der Waals surface area (Å²) in [6, 6.07) is 14.4. The number of methoxy groups -OCH3 is 1. The SMILES string of the molecule is COCCN(CC(=O)N1N=C(c2ccc(C)c(C)c2)CC1c1ccc(C)cc1)C(=O)C1CCC1. The minimum absolute atomic E-state index is 0.0186. The zero-order chi connectivity index (χ0) is 24.2. The molecule has 2 aliphatic rings. The van der Waals surface area contributed by atoms with Gasteiger partial charge in [0.15, 0.2) is 0 Å². The fourth-order valence-corrected chi connectivity index (χ4v) is 4.50. The Morgan fingerprint density at radius 2 is 1.79 bits per heavy atom. The molecule has 1 fully saturated rings. The number of benzene rings is 2. The predicted molar refractivity (Wildman–Crippen MR) is 134 cm³/mol. The van der Waals surface area contributed by atoms with Crippen LogP contribution in [0.5, 0.6) is 0 Å². The highest BCUT2D eigenvalue weighted by Crippen LogP contribution is 2.34. The third kappa shape index (κ3) is 5.22. The molecule has 1 saturated carbocycles. The first-order valence-corrected chi connectivity index (χ1v) is 12.2. The summed E-state index contributed by atoms with van der Waals surface area (Å²) < 4.78 is 5.21. The second-order valence-electron chi connectivity index (χ2n) is 9.60. The van der Waals surface area contributed by atoms with Gasteiger partial charge in [-0.05, 0) is 61.9 Å². The molecule has 0 N–H and O–H groups in total. The molecule has 0 spiro atoms. The quantitative estimate of drug-likeness (QED) is 0.579. The third-order valence-electron chi connectivity index (χ3n) is 7.13. The number of aryl methyl sites for hydroxylation is 3. The maximum absolute atomic E-state index is 13.6. The summed E-state index contributed by atoms with van der Waals surface area (Å²) in [6.45, 7) is 7.07. The normalized spacial score (nSPS) is 17.9. The van der Waals surface area contributed by atoms with E-state index in [1.165, 1.54) is 16.7 Å². The minimum Gasteiger partial charge on any atom is -0.383 e. The largest absolute Gasteiger partial charge is 0.383 e. The van der Waals surface area contributed by atoms with E-state index in [1.54, 1.807) is 17.0 Å². The molecule has 0 radical (unpaired) electrons. The van der Waals surface area contributed by atoms with E-state index in [2.05, 4.69) is 63.2 Å². The van der Waals surface area contributed by atoms with Crippen LogP contribution in [-0.2, 0) is 14.3 Å². The van der Waals surface area contributed by atoms with E-state index in [1.807, 2.05) is 0 Å². The number of hydrogen-bond donors (Lipinski definition) is 0. The van der Waals surface area contributed by atoms with E-state index in [9.17, 15) is 9.59 Å². The fourth-order valence-electron chi connectivity index (χ4n) is 4.50. The van der Waals surface area contributed by atoms with Crippen LogP contribution in [0.4, 0.5) is 0 Å². The molecule has 0 bridgehead atoms. The number of ether oxygens (including phenoxy) is 1. The lowest BCUT2D eigenvalue weighted by Gasteiger charge is -2.32. The number of hydrogen-bond acceptors (Lipinski definition) is 4. The average Bonchev–Trinajstić information content (AvgIpc) is 3.23. The molecule has 1 unspecified atom stereocenters. The van der Waals surface area contributed by atoms with Crippen molar-refractivity contribution in [1.82, 2.24) is 9.91 Å². The molecule has 2 aromatic carbocycles. The summed E-state index contributed by atoms with van der Waals surface area (Å²) in [6.07, 6.45) is 3.53. The molecular weight excluding hydrogens is 426 g/mol. The van der Waals surface area contributed by atoms with Gasteiger partial charge in [-0.1, -0.05) is 48.4 Å². The number of amides is 2. The zero-order valence-electron chi connectivity index (χ0n) is 20.7. The second-order valence-corrected chi connectivity index (χ2v) is 9.60. The topological polar surface area (TPSA) is 62.2 Å². The lowest BCUT2D eigenvalue weighted by Crippen LogP contribution is -2.46. The molecule has 1 aliphatic carbocycles. The molecule has 6 heteroatoms. The van der Waals surface area contributed by atoms with Crippen molar-refractivity contribution < 1.29 is 14.3 Å². The molecule has 1 aliphatic heterocycles. The van der Waals surface area contributed by atoms with Crippen molar-refractivity contribution in [2.24, 2.45) is 11.0 Å². The van der Waals surface area contributed by atoms with Crippen molar-refractivity contribution in [2.45, 2.75) is 52.5 Å². The minimum atomic E-state index is -0.187. The summed E-state index contributed by atoms with van der Waals surface area (Å²) in [5.74, 6) is -0.0694. The first-order valence-electron chi connectivity index (χ1n) is 12.2. The van der Waals surface area contributed by atoms with Gasteiger partial charge in [-0.25, -0.2) is 5.01 Å². The van der Waals surface area contributed by atoms with Gasteiger partial charge in [0.2, 0.25) is 5.91 Å². The van der Waals surface area contributed by atoms with E-state index < -0.39 is 0 Å². The van der Waals surface area contributed by atoms with Gasteiger partial charge in [0.1, 0.15) is 6.54 Å². The lowest BCUT2D eigenvalue weighted by molar-refractivity contribution is -0.146. The molecule has 1 heterocycles. The van der Waals surface area contributed by atoms with Gasteiger partial charge in [0.05, 0.1) is 18.4 Å². The number of carbonyl (C=O) groups is 2. The van der Waals surface area contributed by atoms with Gasteiger partial charge in [0.25, 0.3) is 5.91 Å². The highest BCUT2D eigenvalue weighted by atomic mass is 16.5. The van der Waals surface area contributed by atoms with E-state index in [4.69, 9.17) is 9.84 Å². The summed E-state index contributed by atoms with van der Waals surface area (Å²) in [7, 11) is 1.61.